The second-order valence-corrected chi connectivity index (χ2v) is 23.1. The number of unbranched alkanes of at least 4 members (excludes halogenated alkanes) is 42. The Balaban J connectivity index is 2.92. The molecule has 0 bridgehead atoms. The third-order valence-corrected chi connectivity index (χ3v) is 15.4. The van der Waals surface area contributed by atoms with E-state index in [1.54, 1.807) is 24.0 Å². The number of carbonyl (C=O) groups is 3. The summed E-state index contributed by atoms with van der Waals surface area (Å²) in [5, 5.41) is 0. The van der Waals surface area contributed by atoms with E-state index < -0.39 is 0 Å². The molecule has 0 aromatic carbocycles. The van der Waals surface area contributed by atoms with Gasteiger partial charge in [0.1, 0.15) is 20.2 Å². The van der Waals surface area contributed by atoms with Crippen molar-refractivity contribution in [3.63, 3.8) is 0 Å². The second-order valence-electron chi connectivity index (χ2n) is 23.1. The number of hydrogen-bond acceptors (Lipinski definition) is 15. The molecular weight excluding hydrogens is 1020 g/mol. The lowest BCUT2D eigenvalue weighted by atomic mass is 10.0. The summed E-state index contributed by atoms with van der Waals surface area (Å²) < 4.78 is 34.0. The van der Waals surface area contributed by atoms with Crippen LogP contribution in [-0.4, -0.2) is 94.6 Å². The first-order valence-electron chi connectivity index (χ1n) is 33.8. The van der Waals surface area contributed by atoms with Crippen LogP contribution in [0.3, 0.4) is 0 Å². The summed E-state index contributed by atoms with van der Waals surface area (Å²) in [7, 11) is 4.66. The maximum Gasteiger partial charge on any atom is 0.307 e. The van der Waals surface area contributed by atoms with Gasteiger partial charge in [0.2, 0.25) is 17.8 Å². The molecule has 0 amide bonds. The molecule has 0 atom stereocenters. The van der Waals surface area contributed by atoms with Crippen LogP contribution in [0.2, 0.25) is 0 Å². The number of anilines is 3. The number of nitrogens with zero attached hydrogens (tertiary/aromatic N) is 6. The van der Waals surface area contributed by atoms with E-state index in [1.807, 2.05) is 0 Å². The molecular formula is C66H126N6O9. The molecule has 0 saturated carbocycles. The summed E-state index contributed by atoms with van der Waals surface area (Å²) in [6.45, 7) is 6.26. The minimum Gasteiger partial charge on any atom is -0.444 e. The van der Waals surface area contributed by atoms with E-state index in [0.29, 0.717) is 6.42 Å². The van der Waals surface area contributed by atoms with Crippen molar-refractivity contribution >= 4 is 35.8 Å². The summed E-state index contributed by atoms with van der Waals surface area (Å²) >= 11 is 0. The number of hydrogen-bond donors (Lipinski definition) is 0. The topological polar surface area (TPSA) is 155 Å². The highest BCUT2D eigenvalue weighted by atomic mass is 16.6. The average Bonchev–Trinajstić information content (AvgIpc) is 3.47. The van der Waals surface area contributed by atoms with Gasteiger partial charge in [-0.3, -0.25) is 29.1 Å². The Kier molecular flexibility index (Phi) is 54.7. The van der Waals surface area contributed by atoms with Crippen LogP contribution in [0.1, 0.15) is 329 Å². The Labute approximate surface area is 497 Å². The first kappa shape index (κ1) is 75.7. The molecule has 81 heavy (non-hydrogen) atoms. The van der Waals surface area contributed by atoms with Gasteiger partial charge < -0.3 is 28.4 Å². The summed E-state index contributed by atoms with van der Waals surface area (Å²) in [6.07, 6.45) is 57.0. The number of aromatic nitrogens is 3. The first-order valence-corrected chi connectivity index (χ1v) is 33.8. The lowest BCUT2D eigenvalue weighted by Gasteiger charge is -2.27. The number of carbonyl (C=O) groups excluding carboxylic acids is 3. The Bertz CT molecular complexity index is 1510. The van der Waals surface area contributed by atoms with Crippen molar-refractivity contribution < 1.29 is 42.8 Å². The number of esters is 3. The summed E-state index contributed by atoms with van der Waals surface area (Å²) in [5.74, 6) is -0.623. The molecule has 0 radical (unpaired) electrons. The minimum absolute atomic E-state index is 0.00777. The van der Waals surface area contributed by atoms with Gasteiger partial charge in [0.25, 0.3) is 0 Å². The van der Waals surface area contributed by atoms with Crippen molar-refractivity contribution in [3.8, 4) is 0 Å². The molecule has 1 rings (SSSR count). The van der Waals surface area contributed by atoms with Gasteiger partial charge in [0.15, 0.2) is 20.2 Å². The molecule has 474 valence electrons. The molecule has 1 aromatic heterocycles. The van der Waals surface area contributed by atoms with Crippen LogP contribution in [0.5, 0.6) is 0 Å². The quantitative estimate of drug-likeness (QED) is 0.0263. The highest BCUT2D eigenvalue weighted by molar-refractivity contribution is 5.70. The fourth-order valence-corrected chi connectivity index (χ4v) is 10.3. The fraction of sp³-hybridized carbons (Fsp3) is 0.909. The van der Waals surface area contributed by atoms with Crippen LogP contribution in [0, 0.1) is 0 Å². The summed E-state index contributed by atoms with van der Waals surface area (Å²) in [4.78, 5) is 58.7. The molecule has 0 N–H and O–H groups in total. The zero-order chi connectivity index (χ0) is 58.7. The SMILES string of the molecule is CCCCCCCCCCCCCCCCCC(=O)OCN(COC)c1nc(N(COC)COC)nc(N(COC(=O)CCCCCCCCCCCCCCCCC)COC(=O)CCCCCCCCCCCCCCCCC)n1. The zero-order valence-corrected chi connectivity index (χ0v) is 53.5. The third-order valence-electron chi connectivity index (χ3n) is 15.4. The molecule has 0 saturated heterocycles. The fourth-order valence-electron chi connectivity index (χ4n) is 10.3. The van der Waals surface area contributed by atoms with Crippen molar-refractivity contribution in [2.24, 2.45) is 0 Å². The number of ether oxygens (including phenoxy) is 6. The van der Waals surface area contributed by atoms with E-state index >= 15 is 0 Å². The van der Waals surface area contributed by atoms with Gasteiger partial charge in [0, 0.05) is 40.6 Å². The lowest BCUT2D eigenvalue weighted by Crippen LogP contribution is -2.37. The maximum atomic E-state index is 13.3. The van der Waals surface area contributed by atoms with Crippen LogP contribution >= 0.6 is 0 Å². The molecule has 0 aliphatic heterocycles. The van der Waals surface area contributed by atoms with Crippen LogP contribution in [0.15, 0.2) is 0 Å². The molecule has 0 aliphatic rings. The summed E-state index contributed by atoms with van der Waals surface area (Å²) in [6, 6.07) is 0. The van der Waals surface area contributed by atoms with E-state index in [1.165, 1.54) is 243 Å². The molecule has 0 fully saturated rings. The third kappa shape index (κ3) is 46.7. The van der Waals surface area contributed by atoms with Crippen LogP contribution in [-0.2, 0) is 42.8 Å². The minimum atomic E-state index is -0.351. The van der Waals surface area contributed by atoms with Crippen molar-refractivity contribution in [2.75, 3.05) is 76.4 Å². The number of rotatable bonds is 63. The smallest absolute Gasteiger partial charge is 0.307 e. The Morgan fingerprint density at radius 2 is 0.420 bits per heavy atom. The Morgan fingerprint density at radius 1 is 0.259 bits per heavy atom. The Morgan fingerprint density at radius 3 is 0.605 bits per heavy atom. The molecule has 15 nitrogen and oxygen atoms in total. The molecule has 15 heteroatoms. The van der Waals surface area contributed by atoms with Crippen LogP contribution < -0.4 is 14.7 Å². The number of methoxy groups -OCH3 is 3. The normalized spacial score (nSPS) is 11.3. The highest BCUT2D eigenvalue weighted by Gasteiger charge is 2.24. The van der Waals surface area contributed by atoms with Crippen molar-refractivity contribution in [1.82, 2.24) is 15.0 Å². The molecule has 1 aromatic rings. The zero-order valence-electron chi connectivity index (χ0n) is 53.5. The largest absolute Gasteiger partial charge is 0.444 e. The van der Waals surface area contributed by atoms with Gasteiger partial charge in [-0.25, -0.2) is 0 Å². The molecule has 0 aliphatic carbocycles. The summed E-state index contributed by atoms with van der Waals surface area (Å²) in [5.41, 5.74) is 0. The van der Waals surface area contributed by atoms with Gasteiger partial charge in [-0.05, 0) is 19.3 Å². The monoisotopic (exact) mass is 1150 g/mol. The van der Waals surface area contributed by atoms with E-state index in [4.69, 9.17) is 43.4 Å². The van der Waals surface area contributed by atoms with Crippen molar-refractivity contribution in [2.45, 2.75) is 329 Å². The van der Waals surface area contributed by atoms with Gasteiger partial charge in [-0.2, -0.15) is 15.0 Å². The van der Waals surface area contributed by atoms with Crippen LogP contribution in [0.4, 0.5) is 17.8 Å². The predicted molar refractivity (Wildman–Crippen MR) is 334 cm³/mol. The Hall–Kier alpha value is -3.30. The van der Waals surface area contributed by atoms with Gasteiger partial charge >= 0.3 is 17.9 Å². The maximum absolute atomic E-state index is 13.3. The first-order chi connectivity index (χ1) is 39.8. The van der Waals surface area contributed by atoms with Gasteiger partial charge in [-0.15, -0.1) is 0 Å². The second kappa shape index (κ2) is 58.5. The van der Waals surface area contributed by atoms with E-state index in [2.05, 4.69) is 20.8 Å². The average molecular weight is 1150 g/mol. The van der Waals surface area contributed by atoms with E-state index in [9.17, 15) is 14.4 Å². The van der Waals surface area contributed by atoms with Crippen LogP contribution in [0.25, 0.3) is 0 Å². The van der Waals surface area contributed by atoms with Crippen molar-refractivity contribution in [1.29, 1.82) is 0 Å². The van der Waals surface area contributed by atoms with Gasteiger partial charge in [0.05, 0.1) is 0 Å². The van der Waals surface area contributed by atoms with Crippen molar-refractivity contribution in [3.05, 3.63) is 0 Å². The predicted octanol–water partition coefficient (Wildman–Crippen LogP) is 18.4. The molecule has 0 spiro atoms. The van der Waals surface area contributed by atoms with Gasteiger partial charge in [-0.1, -0.05) is 290 Å². The molecule has 0 unspecified atom stereocenters. The lowest BCUT2D eigenvalue weighted by molar-refractivity contribution is -0.146. The standard InChI is InChI=1S/C66H126N6O9/c1-7-10-13-16-19-22-25-28-31-34-37-40-43-46-49-52-61(73)79-58-71(57-78-6)65-67-64(70(55-76-4)56-77-5)68-66(69-65)72(59-80-62(74)53-50-47-44-41-38-35-32-29-26-23-20-17-14-11-8-2)60-81-63(75)54-51-48-45-42-39-36-33-30-27-24-21-18-15-12-9-3/h7-60H2,1-6H3. The van der Waals surface area contributed by atoms with E-state index in [0.717, 1.165) is 57.8 Å². The van der Waals surface area contributed by atoms with E-state index in [-0.39, 0.29) is 89.0 Å². The highest BCUT2D eigenvalue weighted by Crippen LogP contribution is 2.23. The molecule has 1 heterocycles.